The molecular weight excluding hydrogens is 504 g/mol. The zero-order valence-corrected chi connectivity index (χ0v) is 24.3. The predicted octanol–water partition coefficient (Wildman–Crippen LogP) is 3.15. The molecule has 0 atom stereocenters. The topological polar surface area (TPSA) is 121 Å². The Labute approximate surface area is 239 Å². The molecule has 0 spiro atoms. The Morgan fingerprint density at radius 2 is 1.70 bits per heavy atom. The van der Waals surface area contributed by atoms with Crippen molar-refractivity contribution in [1.29, 1.82) is 0 Å². The fraction of sp³-hybridized carbons (Fsp3) is 0.633. The van der Waals surface area contributed by atoms with Crippen molar-refractivity contribution in [3.05, 3.63) is 41.5 Å². The molecule has 5 N–H and O–H groups in total. The van der Waals surface area contributed by atoms with E-state index >= 15 is 0 Å². The highest BCUT2D eigenvalue weighted by molar-refractivity contribution is 5.71. The summed E-state index contributed by atoms with van der Waals surface area (Å²) in [5.74, 6) is 1.58. The number of nitrogen functional groups attached to an aromatic ring is 1. The van der Waals surface area contributed by atoms with Gasteiger partial charge in [-0.25, -0.2) is 0 Å². The number of hydrogen-bond acceptors (Lipinski definition) is 10. The van der Waals surface area contributed by atoms with Crippen molar-refractivity contribution in [2.75, 3.05) is 61.8 Å². The smallest absolute Gasteiger partial charge is 0.320 e. The summed E-state index contributed by atoms with van der Waals surface area (Å²) in [6.07, 6.45) is 7.92. The van der Waals surface area contributed by atoms with Gasteiger partial charge in [-0.2, -0.15) is 9.97 Å². The van der Waals surface area contributed by atoms with Gasteiger partial charge in [-0.3, -0.25) is 9.69 Å². The first-order valence-corrected chi connectivity index (χ1v) is 15.0. The summed E-state index contributed by atoms with van der Waals surface area (Å²) in [7, 11) is 0. The maximum absolute atomic E-state index is 12.0. The maximum atomic E-state index is 12.0. The van der Waals surface area contributed by atoms with E-state index in [4.69, 9.17) is 15.5 Å². The van der Waals surface area contributed by atoms with Crippen LogP contribution in [0.15, 0.2) is 30.3 Å². The van der Waals surface area contributed by atoms with E-state index in [1.165, 1.54) is 37.7 Å². The second kappa shape index (κ2) is 15.7. The molecule has 2 aliphatic rings. The Morgan fingerprint density at radius 1 is 1.00 bits per heavy atom. The van der Waals surface area contributed by atoms with Gasteiger partial charge in [-0.05, 0) is 57.3 Å². The molecule has 2 aromatic rings. The van der Waals surface area contributed by atoms with Crippen LogP contribution >= 0.6 is 0 Å². The summed E-state index contributed by atoms with van der Waals surface area (Å²) in [4.78, 5) is 25.3. The number of nitrogens with zero attached hydrogens (tertiary/aromatic N) is 4. The minimum atomic E-state index is -0.178. The van der Waals surface area contributed by atoms with E-state index < -0.39 is 0 Å². The van der Waals surface area contributed by atoms with Crippen LogP contribution in [0.5, 0.6) is 0 Å². The van der Waals surface area contributed by atoms with E-state index in [0.717, 1.165) is 69.7 Å². The van der Waals surface area contributed by atoms with E-state index in [9.17, 15) is 4.79 Å². The number of nitrogens with two attached hydrogens (primary N) is 1. The first kappa shape index (κ1) is 30.0. The average Bonchev–Trinajstić information content (AvgIpc) is 2.94. The van der Waals surface area contributed by atoms with E-state index in [0.29, 0.717) is 24.9 Å². The number of carbonyl (C=O) groups is 1. The van der Waals surface area contributed by atoms with Crippen LogP contribution in [-0.4, -0.2) is 78.8 Å². The van der Waals surface area contributed by atoms with Gasteiger partial charge in [0.25, 0.3) is 0 Å². The van der Waals surface area contributed by atoms with Crippen molar-refractivity contribution >= 4 is 23.6 Å². The molecule has 0 radical (unpaired) electrons. The lowest BCUT2D eigenvalue weighted by Gasteiger charge is -2.35. The van der Waals surface area contributed by atoms with Gasteiger partial charge in [0, 0.05) is 51.4 Å². The molecule has 10 nitrogen and oxygen atoms in total. The molecule has 1 aliphatic carbocycles. The SMILES string of the molecule is CC(C)OC(=O)CN1CCN(c2cc(N)nc(NCc3ccc(CNCCCNC4CCCCC4)cc3)n2)CC1. The predicted molar refractivity (Wildman–Crippen MR) is 161 cm³/mol. The highest BCUT2D eigenvalue weighted by atomic mass is 16.5. The Bertz CT molecular complexity index is 1030. The number of esters is 1. The standard InChI is InChI=1S/C30H48N8O2/c1-23(2)40-29(39)22-37-15-17-38(18-16-37)28-19-27(31)35-30(36-28)34-21-25-11-9-24(10-12-25)20-32-13-6-14-33-26-7-4-3-5-8-26/h9-12,19,23,26,32-33H,3-8,13-18,20-22H2,1-2H3,(H3,31,34,35,36). The Hall–Kier alpha value is -2.95. The van der Waals surface area contributed by atoms with Crippen LogP contribution in [0.3, 0.4) is 0 Å². The number of aromatic nitrogens is 2. The zero-order valence-electron chi connectivity index (χ0n) is 24.3. The first-order valence-electron chi connectivity index (χ1n) is 15.0. The van der Waals surface area contributed by atoms with E-state index in [2.05, 4.69) is 55.0 Å². The summed E-state index contributed by atoms with van der Waals surface area (Å²) in [6, 6.07) is 11.2. The van der Waals surface area contributed by atoms with Gasteiger partial charge in [0.1, 0.15) is 11.6 Å². The number of benzene rings is 1. The van der Waals surface area contributed by atoms with Gasteiger partial charge in [0.2, 0.25) is 5.95 Å². The largest absolute Gasteiger partial charge is 0.462 e. The first-order chi connectivity index (χ1) is 19.4. The molecule has 40 heavy (non-hydrogen) atoms. The van der Waals surface area contributed by atoms with Crippen molar-refractivity contribution in [1.82, 2.24) is 25.5 Å². The third kappa shape index (κ3) is 10.2. The van der Waals surface area contributed by atoms with E-state index in [1.807, 2.05) is 19.9 Å². The fourth-order valence-electron chi connectivity index (χ4n) is 5.33. The summed E-state index contributed by atoms with van der Waals surface area (Å²) in [5.41, 5.74) is 8.55. The molecule has 1 aromatic heterocycles. The third-order valence-corrected chi connectivity index (χ3v) is 7.52. The van der Waals surface area contributed by atoms with Gasteiger partial charge in [0.15, 0.2) is 0 Å². The number of carbonyl (C=O) groups excluding carboxylic acids is 1. The van der Waals surface area contributed by atoms with Crippen molar-refractivity contribution in [3.63, 3.8) is 0 Å². The second-order valence-electron chi connectivity index (χ2n) is 11.3. The second-order valence-corrected chi connectivity index (χ2v) is 11.3. The molecule has 1 saturated carbocycles. The van der Waals surface area contributed by atoms with Crippen LogP contribution in [0.1, 0.15) is 63.5 Å². The molecule has 4 rings (SSSR count). The van der Waals surface area contributed by atoms with Crippen molar-refractivity contribution in [2.24, 2.45) is 0 Å². The van der Waals surface area contributed by atoms with Crippen molar-refractivity contribution < 1.29 is 9.53 Å². The molecule has 10 heteroatoms. The number of ether oxygens (including phenoxy) is 1. The Balaban J connectivity index is 1.16. The van der Waals surface area contributed by atoms with Crippen molar-refractivity contribution in [3.8, 4) is 0 Å². The minimum Gasteiger partial charge on any atom is -0.462 e. The van der Waals surface area contributed by atoms with Crippen LogP contribution in [-0.2, 0) is 22.6 Å². The molecule has 0 unspecified atom stereocenters. The molecule has 1 aromatic carbocycles. The third-order valence-electron chi connectivity index (χ3n) is 7.52. The summed E-state index contributed by atoms with van der Waals surface area (Å²) >= 11 is 0. The molecule has 0 bridgehead atoms. The maximum Gasteiger partial charge on any atom is 0.320 e. The molecular formula is C30H48N8O2. The van der Waals surface area contributed by atoms with Gasteiger partial charge >= 0.3 is 5.97 Å². The van der Waals surface area contributed by atoms with Gasteiger partial charge < -0.3 is 31.3 Å². The van der Waals surface area contributed by atoms with E-state index in [-0.39, 0.29) is 12.1 Å². The number of rotatable bonds is 14. The lowest BCUT2D eigenvalue weighted by molar-refractivity contribution is -0.148. The minimum absolute atomic E-state index is 0.0909. The van der Waals surface area contributed by atoms with Crippen LogP contribution in [0.25, 0.3) is 0 Å². The molecule has 1 aliphatic heterocycles. The number of piperazine rings is 1. The molecule has 2 heterocycles. The van der Waals surface area contributed by atoms with Crippen LogP contribution < -0.4 is 26.6 Å². The summed E-state index contributed by atoms with van der Waals surface area (Å²) < 4.78 is 5.27. The Morgan fingerprint density at radius 3 is 2.40 bits per heavy atom. The summed E-state index contributed by atoms with van der Waals surface area (Å²) in [5, 5.41) is 10.6. The molecule has 220 valence electrons. The van der Waals surface area contributed by atoms with Crippen LogP contribution in [0.4, 0.5) is 17.6 Å². The average molecular weight is 553 g/mol. The summed E-state index contributed by atoms with van der Waals surface area (Å²) in [6.45, 7) is 10.7. The van der Waals surface area contributed by atoms with Crippen LogP contribution in [0, 0.1) is 0 Å². The zero-order chi connectivity index (χ0) is 28.2. The van der Waals surface area contributed by atoms with Gasteiger partial charge in [-0.15, -0.1) is 0 Å². The van der Waals surface area contributed by atoms with Gasteiger partial charge in [0.05, 0.1) is 12.6 Å². The fourth-order valence-corrected chi connectivity index (χ4v) is 5.33. The molecule has 0 amide bonds. The highest BCUT2D eigenvalue weighted by Crippen LogP contribution is 2.19. The van der Waals surface area contributed by atoms with Gasteiger partial charge in [-0.1, -0.05) is 43.5 Å². The number of hydrogen-bond donors (Lipinski definition) is 4. The van der Waals surface area contributed by atoms with Crippen LogP contribution in [0.2, 0.25) is 0 Å². The lowest BCUT2D eigenvalue weighted by atomic mass is 9.95. The molecule has 2 fully saturated rings. The van der Waals surface area contributed by atoms with E-state index in [1.54, 1.807) is 0 Å². The normalized spacial score (nSPS) is 16.8. The lowest BCUT2D eigenvalue weighted by Crippen LogP contribution is -2.48. The monoisotopic (exact) mass is 552 g/mol. The highest BCUT2D eigenvalue weighted by Gasteiger charge is 2.21. The van der Waals surface area contributed by atoms with Crippen molar-refractivity contribution in [2.45, 2.75) is 77.6 Å². The number of nitrogens with one attached hydrogen (secondary N) is 3. The quantitative estimate of drug-likeness (QED) is 0.205. The molecule has 1 saturated heterocycles. The number of anilines is 3. The Kier molecular flexibility index (Phi) is 11.8.